The largest absolute Gasteiger partial charge is 0.478 e. The van der Waals surface area contributed by atoms with Crippen molar-refractivity contribution in [2.24, 2.45) is 0 Å². The van der Waals surface area contributed by atoms with Gasteiger partial charge in [0.05, 0.1) is 16.4 Å². The van der Waals surface area contributed by atoms with E-state index in [0.717, 1.165) is 26.1 Å². The minimum atomic E-state index is -0.626. The molecule has 1 atom stereocenters. The number of carbonyl (C=O) groups is 2. The van der Waals surface area contributed by atoms with Crippen molar-refractivity contribution < 1.29 is 14.3 Å². The standard InChI is InChI=1S/C22H25N5O3S2/c1-6-16-21(29)27(10-18(28)24-22-26-25-20(32-22)11(2)3)15-9-14(7-8-17(15)30-16)19-12(4)31-13(5)23-19/h7-9,11,16H,6,10H2,1-5H3,(H,24,26,28). The van der Waals surface area contributed by atoms with Gasteiger partial charge in [0.15, 0.2) is 6.10 Å². The highest BCUT2D eigenvalue weighted by molar-refractivity contribution is 7.15. The van der Waals surface area contributed by atoms with E-state index in [1.54, 1.807) is 11.3 Å². The van der Waals surface area contributed by atoms with Crippen LogP contribution in [0.2, 0.25) is 0 Å². The van der Waals surface area contributed by atoms with Gasteiger partial charge >= 0.3 is 0 Å². The molecule has 4 rings (SSSR count). The molecular formula is C22H25N5O3S2. The summed E-state index contributed by atoms with van der Waals surface area (Å²) in [5.74, 6) is 0.236. The van der Waals surface area contributed by atoms with Crippen LogP contribution in [0.3, 0.4) is 0 Å². The van der Waals surface area contributed by atoms with Crippen molar-refractivity contribution in [3.63, 3.8) is 0 Å². The molecule has 2 amide bonds. The van der Waals surface area contributed by atoms with Gasteiger partial charge in [0.1, 0.15) is 17.3 Å². The Bertz CT molecular complexity index is 1170. The number of benzene rings is 1. The van der Waals surface area contributed by atoms with Crippen LogP contribution in [0.1, 0.15) is 48.0 Å². The van der Waals surface area contributed by atoms with Crippen LogP contribution in [0, 0.1) is 13.8 Å². The van der Waals surface area contributed by atoms with Crippen molar-refractivity contribution in [3.05, 3.63) is 33.1 Å². The van der Waals surface area contributed by atoms with Crippen LogP contribution in [0.4, 0.5) is 10.8 Å². The molecule has 168 valence electrons. The van der Waals surface area contributed by atoms with Gasteiger partial charge in [-0.25, -0.2) is 4.98 Å². The number of nitrogens with one attached hydrogen (secondary N) is 1. The first-order valence-corrected chi connectivity index (χ1v) is 12.1. The number of nitrogens with zero attached hydrogens (tertiary/aromatic N) is 4. The predicted molar refractivity (Wildman–Crippen MR) is 127 cm³/mol. The zero-order chi connectivity index (χ0) is 23.0. The Labute approximate surface area is 194 Å². The number of amides is 2. The molecule has 1 aromatic carbocycles. The molecule has 3 aromatic rings. The molecule has 0 fully saturated rings. The summed E-state index contributed by atoms with van der Waals surface area (Å²) in [4.78, 5) is 33.1. The van der Waals surface area contributed by atoms with E-state index in [1.807, 2.05) is 52.8 Å². The Balaban J connectivity index is 1.63. The second-order valence-corrected chi connectivity index (χ2v) is 10.3. The third-order valence-corrected chi connectivity index (χ3v) is 7.12. The van der Waals surface area contributed by atoms with Crippen LogP contribution in [-0.4, -0.2) is 39.6 Å². The molecule has 0 spiro atoms. The van der Waals surface area contributed by atoms with Crippen molar-refractivity contribution in [1.82, 2.24) is 15.2 Å². The second-order valence-electron chi connectivity index (χ2n) is 7.91. The molecule has 0 bridgehead atoms. The first-order valence-electron chi connectivity index (χ1n) is 10.5. The van der Waals surface area contributed by atoms with Crippen LogP contribution in [0.5, 0.6) is 5.75 Å². The van der Waals surface area contributed by atoms with Gasteiger partial charge in [-0.05, 0) is 38.5 Å². The third-order valence-electron chi connectivity index (χ3n) is 5.09. The maximum Gasteiger partial charge on any atom is 0.268 e. The average molecular weight is 472 g/mol. The van der Waals surface area contributed by atoms with Crippen molar-refractivity contribution in [3.8, 4) is 17.0 Å². The third kappa shape index (κ3) is 4.37. The zero-order valence-electron chi connectivity index (χ0n) is 18.6. The molecule has 1 N–H and O–H groups in total. The lowest BCUT2D eigenvalue weighted by Crippen LogP contribution is -2.48. The Kier molecular flexibility index (Phi) is 6.25. The van der Waals surface area contributed by atoms with Crippen molar-refractivity contribution in [1.29, 1.82) is 0 Å². The SMILES string of the molecule is CCC1Oc2ccc(-c3nc(C)sc3C)cc2N(CC(=O)Nc2nnc(C(C)C)s2)C1=O. The zero-order valence-corrected chi connectivity index (χ0v) is 20.3. The fraction of sp³-hybridized carbons (Fsp3) is 0.409. The maximum absolute atomic E-state index is 13.1. The topological polar surface area (TPSA) is 97.3 Å². The molecule has 1 aliphatic heterocycles. The summed E-state index contributed by atoms with van der Waals surface area (Å²) >= 11 is 2.96. The second kappa shape index (κ2) is 8.95. The van der Waals surface area contributed by atoms with Crippen molar-refractivity contribution >= 4 is 45.3 Å². The van der Waals surface area contributed by atoms with Crippen LogP contribution in [0.15, 0.2) is 18.2 Å². The number of ether oxygens (including phenoxy) is 1. The number of fused-ring (bicyclic) bond motifs is 1. The van der Waals surface area contributed by atoms with E-state index in [9.17, 15) is 9.59 Å². The highest BCUT2D eigenvalue weighted by Crippen LogP contribution is 2.39. The molecule has 10 heteroatoms. The number of rotatable bonds is 6. The quantitative estimate of drug-likeness (QED) is 0.567. The molecule has 0 radical (unpaired) electrons. The minimum absolute atomic E-state index is 0.138. The van der Waals surface area contributed by atoms with Gasteiger partial charge in [-0.3, -0.25) is 19.8 Å². The fourth-order valence-corrected chi connectivity index (χ4v) is 5.11. The predicted octanol–water partition coefficient (Wildman–Crippen LogP) is 4.54. The minimum Gasteiger partial charge on any atom is -0.478 e. The van der Waals surface area contributed by atoms with Gasteiger partial charge in [-0.2, -0.15) is 0 Å². The normalized spacial score (nSPS) is 15.6. The molecule has 32 heavy (non-hydrogen) atoms. The van der Waals surface area contributed by atoms with Crippen LogP contribution in [-0.2, 0) is 9.59 Å². The van der Waals surface area contributed by atoms with Crippen molar-refractivity contribution in [2.75, 3.05) is 16.8 Å². The highest BCUT2D eigenvalue weighted by Gasteiger charge is 2.35. The summed E-state index contributed by atoms with van der Waals surface area (Å²) in [6.07, 6.45) is -0.116. The Morgan fingerprint density at radius 3 is 2.66 bits per heavy atom. The number of aryl methyl sites for hydroxylation is 2. The van der Waals surface area contributed by atoms with Crippen LogP contribution in [0.25, 0.3) is 11.3 Å². The molecule has 1 aliphatic rings. The summed E-state index contributed by atoms with van der Waals surface area (Å²) in [5.41, 5.74) is 2.32. The molecule has 8 nitrogen and oxygen atoms in total. The Hall–Kier alpha value is -2.85. The Morgan fingerprint density at radius 2 is 2.03 bits per heavy atom. The fourth-order valence-electron chi connectivity index (χ4n) is 3.51. The summed E-state index contributed by atoms with van der Waals surface area (Å²) in [5, 5.41) is 13.1. The van der Waals surface area contributed by atoms with Crippen LogP contribution < -0.4 is 15.0 Å². The molecule has 2 aromatic heterocycles. The summed E-state index contributed by atoms with van der Waals surface area (Å²) in [6, 6.07) is 5.66. The monoisotopic (exact) mass is 471 g/mol. The maximum atomic E-state index is 13.1. The van der Waals surface area contributed by atoms with Crippen LogP contribution >= 0.6 is 22.7 Å². The lowest BCUT2D eigenvalue weighted by Gasteiger charge is -2.33. The first-order chi connectivity index (χ1) is 15.3. The number of aromatic nitrogens is 3. The van der Waals surface area contributed by atoms with E-state index in [4.69, 9.17) is 4.74 Å². The van der Waals surface area contributed by atoms with Crippen molar-refractivity contribution in [2.45, 2.75) is 53.1 Å². The number of anilines is 2. The van der Waals surface area contributed by atoms with E-state index in [-0.39, 0.29) is 24.3 Å². The van der Waals surface area contributed by atoms with Gasteiger partial charge in [0.2, 0.25) is 11.0 Å². The number of hydrogen-bond acceptors (Lipinski definition) is 8. The van der Waals surface area contributed by atoms with Gasteiger partial charge < -0.3 is 4.74 Å². The smallest absolute Gasteiger partial charge is 0.268 e. The van der Waals surface area contributed by atoms with Gasteiger partial charge in [-0.1, -0.05) is 32.1 Å². The molecular weight excluding hydrogens is 446 g/mol. The first kappa shape index (κ1) is 22.3. The van der Waals surface area contributed by atoms with Gasteiger partial charge in [0, 0.05) is 16.4 Å². The lowest BCUT2D eigenvalue weighted by molar-refractivity contribution is -0.128. The number of hydrogen-bond donors (Lipinski definition) is 1. The van der Waals surface area contributed by atoms with E-state index >= 15 is 0 Å². The molecule has 0 saturated carbocycles. The summed E-state index contributed by atoms with van der Waals surface area (Å²) in [7, 11) is 0. The number of carbonyl (C=O) groups excluding carboxylic acids is 2. The molecule has 1 unspecified atom stereocenters. The van der Waals surface area contributed by atoms with Gasteiger partial charge in [-0.15, -0.1) is 21.5 Å². The van der Waals surface area contributed by atoms with E-state index in [0.29, 0.717) is 23.0 Å². The summed E-state index contributed by atoms with van der Waals surface area (Å²) in [6.45, 7) is 9.77. The molecule has 0 aliphatic carbocycles. The van der Waals surface area contributed by atoms with Gasteiger partial charge in [0.25, 0.3) is 5.91 Å². The Morgan fingerprint density at radius 1 is 1.25 bits per heavy atom. The molecule has 0 saturated heterocycles. The number of thiazole rings is 1. The van der Waals surface area contributed by atoms with E-state index in [1.165, 1.54) is 16.2 Å². The summed E-state index contributed by atoms with van der Waals surface area (Å²) < 4.78 is 5.92. The lowest BCUT2D eigenvalue weighted by atomic mass is 10.1. The molecule has 3 heterocycles. The van der Waals surface area contributed by atoms with E-state index in [2.05, 4.69) is 20.5 Å². The van der Waals surface area contributed by atoms with E-state index < -0.39 is 6.10 Å². The average Bonchev–Trinajstić information content (AvgIpc) is 3.35. The highest BCUT2D eigenvalue weighted by atomic mass is 32.1.